The lowest BCUT2D eigenvalue weighted by atomic mass is 9.98. The Kier molecular flexibility index (Phi) is 5.52. The van der Waals surface area contributed by atoms with Gasteiger partial charge in [-0.25, -0.2) is 4.98 Å². The number of pyridine rings is 1. The van der Waals surface area contributed by atoms with Gasteiger partial charge in [0.2, 0.25) is 5.88 Å². The molecule has 2 aromatic rings. The SMILES string of the molecule is CC(C)(CCC(=O)O)NC(=O)c1ccc(Oc2ccccc2)nc1. The molecule has 2 N–H and O–H groups in total. The molecule has 6 heteroatoms. The molecule has 0 aliphatic carbocycles. The van der Waals surface area contributed by atoms with E-state index in [0.717, 1.165) is 0 Å². The number of hydrogen-bond acceptors (Lipinski definition) is 4. The second kappa shape index (κ2) is 7.59. The molecule has 0 saturated heterocycles. The number of carboxylic acids is 1. The van der Waals surface area contributed by atoms with E-state index in [1.54, 1.807) is 26.0 Å². The third-order valence-corrected chi connectivity index (χ3v) is 3.38. The van der Waals surface area contributed by atoms with Gasteiger partial charge in [-0.3, -0.25) is 9.59 Å². The van der Waals surface area contributed by atoms with Crippen molar-refractivity contribution < 1.29 is 19.4 Å². The van der Waals surface area contributed by atoms with Crippen LogP contribution < -0.4 is 10.1 Å². The predicted octanol–water partition coefficient (Wildman–Crippen LogP) is 3.25. The zero-order chi connectivity index (χ0) is 17.6. The summed E-state index contributed by atoms with van der Waals surface area (Å²) in [6, 6.07) is 12.5. The van der Waals surface area contributed by atoms with E-state index in [2.05, 4.69) is 10.3 Å². The van der Waals surface area contributed by atoms with Crippen LogP contribution in [0.3, 0.4) is 0 Å². The fraction of sp³-hybridized carbons (Fsp3) is 0.278. The maximum Gasteiger partial charge on any atom is 0.303 e. The number of hydrogen-bond donors (Lipinski definition) is 2. The van der Waals surface area contributed by atoms with Crippen molar-refractivity contribution in [1.29, 1.82) is 0 Å². The van der Waals surface area contributed by atoms with Crippen LogP contribution in [-0.2, 0) is 4.79 Å². The molecule has 1 heterocycles. The number of amides is 1. The van der Waals surface area contributed by atoms with E-state index >= 15 is 0 Å². The maximum absolute atomic E-state index is 12.2. The van der Waals surface area contributed by atoms with Crippen LogP contribution in [0.4, 0.5) is 0 Å². The molecule has 0 fully saturated rings. The summed E-state index contributed by atoms with van der Waals surface area (Å²) in [5, 5.41) is 11.6. The molecule has 126 valence electrons. The summed E-state index contributed by atoms with van der Waals surface area (Å²) in [4.78, 5) is 27.0. The largest absolute Gasteiger partial charge is 0.481 e. The van der Waals surface area contributed by atoms with E-state index in [1.807, 2.05) is 30.3 Å². The predicted molar refractivity (Wildman–Crippen MR) is 89.2 cm³/mol. The number of aliphatic carboxylic acids is 1. The molecule has 0 saturated carbocycles. The smallest absolute Gasteiger partial charge is 0.303 e. The van der Waals surface area contributed by atoms with E-state index in [1.165, 1.54) is 6.20 Å². The van der Waals surface area contributed by atoms with Gasteiger partial charge in [0, 0.05) is 24.2 Å². The number of aromatic nitrogens is 1. The number of nitrogens with one attached hydrogen (secondary N) is 1. The summed E-state index contributed by atoms with van der Waals surface area (Å²) >= 11 is 0. The average molecular weight is 328 g/mol. The minimum Gasteiger partial charge on any atom is -0.481 e. The molecule has 1 aromatic carbocycles. The third kappa shape index (κ3) is 5.39. The Morgan fingerprint density at radius 3 is 2.46 bits per heavy atom. The van der Waals surface area contributed by atoms with E-state index in [4.69, 9.17) is 9.84 Å². The summed E-state index contributed by atoms with van der Waals surface area (Å²) < 4.78 is 5.57. The van der Waals surface area contributed by atoms with Gasteiger partial charge in [0.05, 0.1) is 5.56 Å². The van der Waals surface area contributed by atoms with E-state index in [0.29, 0.717) is 23.6 Å². The number of carbonyl (C=O) groups excluding carboxylic acids is 1. The minimum atomic E-state index is -0.888. The van der Waals surface area contributed by atoms with E-state index in [-0.39, 0.29) is 12.3 Å². The van der Waals surface area contributed by atoms with Crippen LogP contribution in [0.25, 0.3) is 0 Å². The quantitative estimate of drug-likeness (QED) is 0.814. The molecule has 0 spiro atoms. The van der Waals surface area contributed by atoms with Gasteiger partial charge in [0.25, 0.3) is 5.91 Å². The monoisotopic (exact) mass is 328 g/mol. The lowest BCUT2D eigenvalue weighted by Gasteiger charge is -2.25. The average Bonchev–Trinajstić information content (AvgIpc) is 2.54. The first-order valence-corrected chi connectivity index (χ1v) is 7.59. The first-order chi connectivity index (χ1) is 11.4. The Morgan fingerprint density at radius 1 is 1.17 bits per heavy atom. The lowest BCUT2D eigenvalue weighted by molar-refractivity contribution is -0.137. The zero-order valence-corrected chi connectivity index (χ0v) is 13.7. The fourth-order valence-electron chi connectivity index (χ4n) is 2.05. The number of rotatable bonds is 7. The molecule has 6 nitrogen and oxygen atoms in total. The Morgan fingerprint density at radius 2 is 1.88 bits per heavy atom. The molecule has 1 amide bonds. The molecule has 0 aliphatic rings. The highest BCUT2D eigenvalue weighted by atomic mass is 16.5. The van der Waals surface area contributed by atoms with Crippen molar-refractivity contribution >= 4 is 11.9 Å². The van der Waals surface area contributed by atoms with Gasteiger partial charge in [-0.2, -0.15) is 0 Å². The number of carboxylic acid groups (broad SMARTS) is 1. The van der Waals surface area contributed by atoms with Crippen molar-refractivity contribution in [2.24, 2.45) is 0 Å². The number of para-hydroxylation sites is 1. The number of carbonyl (C=O) groups is 2. The lowest BCUT2D eigenvalue weighted by Crippen LogP contribution is -2.43. The summed E-state index contributed by atoms with van der Waals surface area (Å²) in [7, 11) is 0. The van der Waals surface area contributed by atoms with Crippen molar-refractivity contribution in [3.8, 4) is 11.6 Å². The van der Waals surface area contributed by atoms with Crippen LogP contribution in [0.1, 0.15) is 37.0 Å². The second-order valence-electron chi connectivity index (χ2n) is 6.03. The first-order valence-electron chi connectivity index (χ1n) is 7.59. The molecule has 0 unspecified atom stereocenters. The Balaban J connectivity index is 1.97. The summed E-state index contributed by atoms with van der Waals surface area (Å²) in [5.41, 5.74) is -0.229. The van der Waals surface area contributed by atoms with Gasteiger partial charge in [0.1, 0.15) is 5.75 Å². The maximum atomic E-state index is 12.2. The highest BCUT2D eigenvalue weighted by Crippen LogP contribution is 2.19. The van der Waals surface area contributed by atoms with Crippen molar-refractivity contribution in [3.05, 3.63) is 54.2 Å². The van der Waals surface area contributed by atoms with E-state index in [9.17, 15) is 9.59 Å². The normalized spacial score (nSPS) is 10.9. The molecule has 0 aliphatic heterocycles. The molecule has 0 radical (unpaired) electrons. The second-order valence-corrected chi connectivity index (χ2v) is 6.03. The van der Waals surface area contributed by atoms with Gasteiger partial charge in [-0.15, -0.1) is 0 Å². The molecule has 0 atom stereocenters. The zero-order valence-electron chi connectivity index (χ0n) is 13.7. The number of ether oxygens (including phenoxy) is 1. The Bertz CT molecular complexity index is 697. The van der Waals surface area contributed by atoms with Gasteiger partial charge in [-0.1, -0.05) is 18.2 Å². The van der Waals surface area contributed by atoms with Crippen molar-refractivity contribution in [1.82, 2.24) is 10.3 Å². The van der Waals surface area contributed by atoms with Crippen LogP contribution in [-0.4, -0.2) is 27.5 Å². The number of nitrogens with zero attached hydrogens (tertiary/aromatic N) is 1. The van der Waals surface area contributed by atoms with Crippen molar-refractivity contribution in [3.63, 3.8) is 0 Å². The van der Waals surface area contributed by atoms with Crippen LogP contribution in [0.15, 0.2) is 48.7 Å². The summed E-state index contributed by atoms with van der Waals surface area (Å²) in [6.45, 7) is 3.57. The van der Waals surface area contributed by atoms with Gasteiger partial charge in [0.15, 0.2) is 0 Å². The molecule has 1 aromatic heterocycles. The van der Waals surface area contributed by atoms with Crippen LogP contribution in [0, 0.1) is 0 Å². The Hall–Kier alpha value is -2.89. The van der Waals surface area contributed by atoms with Gasteiger partial charge >= 0.3 is 5.97 Å². The summed E-state index contributed by atoms with van der Waals surface area (Å²) in [5.74, 6) is -0.134. The van der Waals surface area contributed by atoms with Crippen LogP contribution >= 0.6 is 0 Å². The van der Waals surface area contributed by atoms with Gasteiger partial charge < -0.3 is 15.2 Å². The molecular formula is C18H20N2O4. The minimum absolute atomic E-state index is 0.00458. The molecular weight excluding hydrogens is 308 g/mol. The first kappa shape index (κ1) is 17.5. The highest BCUT2D eigenvalue weighted by Gasteiger charge is 2.22. The molecule has 0 bridgehead atoms. The van der Waals surface area contributed by atoms with Gasteiger partial charge in [-0.05, 0) is 38.5 Å². The van der Waals surface area contributed by atoms with E-state index < -0.39 is 11.5 Å². The molecule has 2 rings (SSSR count). The molecule has 24 heavy (non-hydrogen) atoms. The van der Waals surface area contributed by atoms with Crippen LogP contribution in [0.2, 0.25) is 0 Å². The summed E-state index contributed by atoms with van der Waals surface area (Å²) in [6.07, 6.45) is 1.77. The number of benzene rings is 1. The van der Waals surface area contributed by atoms with Crippen molar-refractivity contribution in [2.45, 2.75) is 32.2 Å². The van der Waals surface area contributed by atoms with Crippen LogP contribution in [0.5, 0.6) is 11.6 Å². The van der Waals surface area contributed by atoms with Crippen molar-refractivity contribution in [2.75, 3.05) is 0 Å². The highest BCUT2D eigenvalue weighted by molar-refractivity contribution is 5.94. The third-order valence-electron chi connectivity index (χ3n) is 3.38. The topological polar surface area (TPSA) is 88.5 Å². The fourth-order valence-corrected chi connectivity index (χ4v) is 2.05. The Labute approximate surface area is 140 Å². The standard InChI is InChI=1S/C18H20N2O4/c1-18(2,11-10-16(21)22)20-17(23)13-8-9-15(19-12-13)24-14-6-4-3-5-7-14/h3-9,12H,10-11H2,1-2H3,(H,20,23)(H,21,22).